The highest BCUT2D eigenvalue weighted by molar-refractivity contribution is 7.89. The number of hydrogen-bond donors (Lipinski definition) is 4. The summed E-state index contributed by atoms with van der Waals surface area (Å²) in [6.07, 6.45) is 3.00. The number of sulfonamides is 1. The van der Waals surface area contributed by atoms with Crippen molar-refractivity contribution in [3.8, 4) is 0 Å². The van der Waals surface area contributed by atoms with Crippen LogP contribution >= 0.6 is 0 Å². The van der Waals surface area contributed by atoms with E-state index in [1.807, 2.05) is 0 Å². The van der Waals surface area contributed by atoms with Crippen LogP contribution in [0.1, 0.15) is 0 Å². The highest BCUT2D eigenvalue weighted by atomic mass is 32.2. The molecule has 0 saturated heterocycles. The first kappa shape index (κ1) is 15.8. The van der Waals surface area contributed by atoms with Gasteiger partial charge in [-0.2, -0.15) is 4.72 Å². The summed E-state index contributed by atoms with van der Waals surface area (Å²) in [7, 11) is -4.04. The van der Waals surface area contributed by atoms with Crippen molar-refractivity contribution in [2.24, 2.45) is 0 Å². The minimum absolute atomic E-state index is 0.0119. The normalized spacial score (nSPS) is 12.7. The molecule has 0 radical (unpaired) electrons. The highest BCUT2D eigenvalue weighted by Gasteiger charge is 2.34. The summed E-state index contributed by atoms with van der Waals surface area (Å²) >= 11 is 0. The first-order valence-electron chi connectivity index (χ1n) is 6.17. The van der Waals surface area contributed by atoms with Crippen LogP contribution in [0.3, 0.4) is 0 Å². The number of nitrogens with one attached hydrogen (secondary N) is 1. The van der Waals surface area contributed by atoms with Gasteiger partial charge in [-0.05, 0) is 12.1 Å². The highest BCUT2D eigenvalue weighted by Crippen LogP contribution is 2.23. The second kappa shape index (κ2) is 6.04. The van der Waals surface area contributed by atoms with Gasteiger partial charge in [0.2, 0.25) is 10.0 Å². The molecule has 0 fully saturated rings. The van der Waals surface area contributed by atoms with Gasteiger partial charge in [-0.3, -0.25) is 4.98 Å². The molecular weight excluding hydrogens is 296 g/mol. The van der Waals surface area contributed by atoms with Gasteiger partial charge < -0.3 is 15.3 Å². The van der Waals surface area contributed by atoms with Gasteiger partial charge in [0.05, 0.1) is 24.7 Å². The Labute approximate surface area is 121 Å². The van der Waals surface area contributed by atoms with Crippen molar-refractivity contribution in [3.63, 3.8) is 0 Å². The van der Waals surface area contributed by atoms with Crippen molar-refractivity contribution in [1.29, 1.82) is 0 Å². The maximum absolute atomic E-state index is 12.5. The molecule has 4 N–H and O–H groups in total. The minimum atomic E-state index is -4.04. The Bertz CT molecular complexity index is 715. The molecule has 1 aromatic heterocycles. The number of benzene rings is 1. The lowest BCUT2D eigenvalue weighted by atomic mass is 10.1. The molecule has 2 rings (SSSR count). The van der Waals surface area contributed by atoms with Gasteiger partial charge >= 0.3 is 0 Å². The third kappa shape index (κ3) is 3.04. The Morgan fingerprint density at radius 1 is 1.10 bits per heavy atom. The Hall–Kier alpha value is -1.58. The van der Waals surface area contributed by atoms with E-state index in [2.05, 4.69) is 9.71 Å². The maximum Gasteiger partial charge on any atom is 0.241 e. The fourth-order valence-corrected chi connectivity index (χ4v) is 3.52. The summed E-state index contributed by atoms with van der Waals surface area (Å²) in [6.45, 7) is -2.19. The standard InChI is InChI=1S/C13H16N2O5S/c16-7-13(8-17,9-18)15-21(19,20)12-3-1-2-10-6-14-5-4-11(10)12/h1-6,15-18H,7-9H2. The molecule has 0 spiro atoms. The lowest BCUT2D eigenvalue weighted by Gasteiger charge is -2.28. The van der Waals surface area contributed by atoms with Crippen molar-refractivity contribution >= 4 is 20.8 Å². The van der Waals surface area contributed by atoms with E-state index in [1.165, 1.54) is 18.5 Å². The largest absolute Gasteiger partial charge is 0.394 e. The third-order valence-corrected chi connectivity index (χ3v) is 4.83. The molecule has 0 aliphatic heterocycles. The summed E-state index contributed by atoms with van der Waals surface area (Å²) in [4.78, 5) is 3.91. The van der Waals surface area contributed by atoms with Crippen molar-refractivity contribution in [2.75, 3.05) is 19.8 Å². The number of fused-ring (bicyclic) bond motifs is 1. The Morgan fingerprint density at radius 3 is 2.38 bits per heavy atom. The van der Waals surface area contributed by atoms with Crippen LogP contribution in [0.25, 0.3) is 10.8 Å². The van der Waals surface area contributed by atoms with E-state index in [4.69, 9.17) is 0 Å². The number of nitrogens with zero attached hydrogens (tertiary/aromatic N) is 1. The predicted molar refractivity (Wildman–Crippen MR) is 76.1 cm³/mol. The Kier molecular flexibility index (Phi) is 4.55. The van der Waals surface area contributed by atoms with Gasteiger partial charge in [0, 0.05) is 23.2 Å². The number of aliphatic hydroxyl groups excluding tert-OH is 3. The molecule has 0 saturated carbocycles. The fraction of sp³-hybridized carbons (Fsp3) is 0.308. The molecule has 8 heteroatoms. The van der Waals surface area contributed by atoms with E-state index in [9.17, 15) is 23.7 Å². The van der Waals surface area contributed by atoms with Crippen LogP contribution in [0.2, 0.25) is 0 Å². The van der Waals surface area contributed by atoms with Crippen LogP contribution in [0, 0.1) is 0 Å². The minimum Gasteiger partial charge on any atom is -0.394 e. The van der Waals surface area contributed by atoms with Gasteiger partial charge in [-0.15, -0.1) is 0 Å². The first-order chi connectivity index (χ1) is 9.98. The van der Waals surface area contributed by atoms with Gasteiger partial charge in [0.1, 0.15) is 5.54 Å². The first-order valence-corrected chi connectivity index (χ1v) is 7.66. The van der Waals surface area contributed by atoms with Gasteiger partial charge in [-0.25, -0.2) is 8.42 Å². The van der Waals surface area contributed by atoms with Crippen LogP contribution in [0.4, 0.5) is 0 Å². The molecule has 21 heavy (non-hydrogen) atoms. The predicted octanol–water partition coefficient (Wildman–Crippen LogP) is -0.771. The summed E-state index contributed by atoms with van der Waals surface area (Å²) in [5.41, 5.74) is -1.71. The van der Waals surface area contributed by atoms with Crippen LogP contribution < -0.4 is 4.72 Å². The molecule has 114 valence electrons. The zero-order valence-electron chi connectivity index (χ0n) is 11.1. The second-order valence-electron chi connectivity index (χ2n) is 4.71. The van der Waals surface area contributed by atoms with E-state index in [1.54, 1.807) is 18.2 Å². The van der Waals surface area contributed by atoms with Gasteiger partial charge in [-0.1, -0.05) is 12.1 Å². The molecule has 7 nitrogen and oxygen atoms in total. The van der Waals surface area contributed by atoms with E-state index >= 15 is 0 Å². The molecular formula is C13H16N2O5S. The van der Waals surface area contributed by atoms with E-state index in [0.717, 1.165) is 0 Å². The van der Waals surface area contributed by atoms with Gasteiger partial charge in [0.25, 0.3) is 0 Å². The maximum atomic E-state index is 12.5. The fourth-order valence-electron chi connectivity index (χ4n) is 1.91. The SMILES string of the molecule is O=S(=O)(NC(CO)(CO)CO)c1cccc2cnccc12. The monoisotopic (exact) mass is 312 g/mol. The zero-order chi connectivity index (χ0) is 15.5. The van der Waals surface area contributed by atoms with Crippen molar-refractivity contribution in [3.05, 3.63) is 36.7 Å². The second-order valence-corrected chi connectivity index (χ2v) is 6.36. The summed E-state index contributed by atoms with van der Waals surface area (Å²) < 4.78 is 27.1. The molecule has 0 atom stereocenters. The van der Waals surface area contributed by atoms with Crippen LogP contribution in [0.5, 0.6) is 0 Å². The number of pyridine rings is 1. The Balaban J connectivity index is 2.52. The Morgan fingerprint density at radius 2 is 1.76 bits per heavy atom. The molecule has 0 aliphatic rings. The third-order valence-electron chi connectivity index (χ3n) is 3.19. The summed E-state index contributed by atoms with van der Waals surface area (Å²) in [5.74, 6) is 0. The van der Waals surface area contributed by atoms with Crippen molar-refractivity contribution in [1.82, 2.24) is 9.71 Å². The summed E-state index contributed by atoms with van der Waals surface area (Å²) in [5, 5.41) is 28.8. The number of aromatic nitrogens is 1. The van der Waals surface area contributed by atoms with E-state index in [-0.39, 0.29) is 4.90 Å². The van der Waals surface area contributed by atoms with E-state index < -0.39 is 35.4 Å². The molecule has 0 aliphatic carbocycles. The zero-order valence-corrected chi connectivity index (χ0v) is 11.9. The quantitative estimate of drug-likeness (QED) is 0.556. The molecule has 0 amide bonds. The van der Waals surface area contributed by atoms with Crippen LogP contribution in [0.15, 0.2) is 41.6 Å². The number of rotatable bonds is 6. The smallest absolute Gasteiger partial charge is 0.241 e. The van der Waals surface area contributed by atoms with Crippen LogP contribution in [-0.2, 0) is 10.0 Å². The topological polar surface area (TPSA) is 120 Å². The van der Waals surface area contributed by atoms with Gasteiger partial charge in [0.15, 0.2) is 0 Å². The molecule has 1 heterocycles. The molecule has 1 aromatic carbocycles. The average Bonchev–Trinajstić information content (AvgIpc) is 2.52. The van der Waals surface area contributed by atoms with Crippen molar-refractivity contribution in [2.45, 2.75) is 10.4 Å². The molecule has 0 unspecified atom stereocenters. The number of aliphatic hydroxyl groups is 3. The lowest BCUT2D eigenvalue weighted by Crippen LogP contribution is -2.56. The van der Waals surface area contributed by atoms with Crippen LogP contribution in [-0.4, -0.2) is 54.1 Å². The number of hydrogen-bond acceptors (Lipinski definition) is 6. The van der Waals surface area contributed by atoms with Crippen molar-refractivity contribution < 1.29 is 23.7 Å². The average molecular weight is 312 g/mol. The molecule has 2 aromatic rings. The lowest BCUT2D eigenvalue weighted by molar-refractivity contribution is 0.0582. The summed E-state index contributed by atoms with van der Waals surface area (Å²) in [6, 6.07) is 6.25. The van der Waals surface area contributed by atoms with E-state index in [0.29, 0.717) is 10.8 Å². The molecule has 0 bridgehead atoms.